The highest BCUT2D eigenvalue weighted by atomic mass is 16.4. The maximum Gasteiger partial charge on any atom is 0.300 e. The van der Waals surface area contributed by atoms with Crippen LogP contribution in [0, 0.1) is 0 Å². The molecule has 5 heteroatoms. The maximum atomic E-state index is 10.9. The van der Waals surface area contributed by atoms with Crippen molar-refractivity contribution < 1.29 is 19.5 Å². The van der Waals surface area contributed by atoms with Crippen molar-refractivity contribution in [2.45, 2.75) is 6.92 Å². The highest BCUT2D eigenvalue weighted by Gasteiger charge is 2.25. The molecule has 0 saturated heterocycles. The SMILES string of the molecule is CC(=O)O.O=C1NC(=O)c2ccccc21. The number of hydrogen-bond donors (Lipinski definition) is 2. The summed E-state index contributed by atoms with van der Waals surface area (Å²) in [6.45, 7) is 1.08. The molecule has 2 amide bonds. The molecule has 0 unspecified atom stereocenters. The minimum absolute atomic E-state index is 0.300. The summed E-state index contributed by atoms with van der Waals surface area (Å²) in [4.78, 5) is 30.9. The molecule has 1 aromatic carbocycles. The molecule has 1 heterocycles. The molecule has 0 radical (unpaired) electrons. The van der Waals surface area contributed by atoms with Crippen LogP contribution < -0.4 is 5.32 Å². The quantitative estimate of drug-likeness (QED) is 0.612. The molecular weight excluding hydrogens is 198 g/mol. The minimum Gasteiger partial charge on any atom is -0.481 e. The van der Waals surface area contributed by atoms with Crippen LogP contribution in [0.5, 0.6) is 0 Å². The van der Waals surface area contributed by atoms with E-state index in [2.05, 4.69) is 5.32 Å². The number of amides is 2. The number of benzene rings is 1. The third-order valence-electron chi connectivity index (χ3n) is 1.64. The summed E-state index contributed by atoms with van der Waals surface area (Å²) in [6.07, 6.45) is 0. The van der Waals surface area contributed by atoms with Gasteiger partial charge in [0.05, 0.1) is 11.1 Å². The fourth-order valence-electron chi connectivity index (χ4n) is 1.12. The van der Waals surface area contributed by atoms with E-state index in [1.807, 2.05) is 0 Å². The molecule has 0 bridgehead atoms. The van der Waals surface area contributed by atoms with Gasteiger partial charge in [0.15, 0.2) is 0 Å². The van der Waals surface area contributed by atoms with Crippen molar-refractivity contribution in [2.24, 2.45) is 0 Å². The molecule has 0 aliphatic carbocycles. The van der Waals surface area contributed by atoms with Crippen LogP contribution in [-0.4, -0.2) is 22.9 Å². The zero-order chi connectivity index (χ0) is 11.4. The van der Waals surface area contributed by atoms with Gasteiger partial charge < -0.3 is 5.11 Å². The van der Waals surface area contributed by atoms with E-state index < -0.39 is 5.97 Å². The summed E-state index contributed by atoms with van der Waals surface area (Å²) >= 11 is 0. The molecule has 5 nitrogen and oxygen atoms in total. The fourth-order valence-corrected chi connectivity index (χ4v) is 1.12. The summed E-state index contributed by atoms with van der Waals surface area (Å²) < 4.78 is 0. The fraction of sp³-hybridized carbons (Fsp3) is 0.100. The number of fused-ring (bicyclic) bond motifs is 1. The Morgan fingerprint density at radius 2 is 1.47 bits per heavy atom. The normalized spacial score (nSPS) is 12.3. The molecule has 1 aromatic rings. The maximum absolute atomic E-state index is 10.9. The lowest BCUT2D eigenvalue weighted by Gasteiger charge is -1.88. The summed E-state index contributed by atoms with van der Waals surface area (Å²) in [6, 6.07) is 6.74. The zero-order valence-electron chi connectivity index (χ0n) is 7.98. The van der Waals surface area contributed by atoms with Crippen molar-refractivity contribution in [1.82, 2.24) is 5.32 Å². The van der Waals surface area contributed by atoms with Crippen LogP contribution in [0.25, 0.3) is 0 Å². The van der Waals surface area contributed by atoms with Crippen LogP contribution in [0.4, 0.5) is 0 Å². The van der Waals surface area contributed by atoms with Crippen molar-refractivity contribution in [1.29, 1.82) is 0 Å². The predicted octanol–water partition coefficient (Wildman–Crippen LogP) is 0.661. The lowest BCUT2D eigenvalue weighted by Crippen LogP contribution is -2.19. The number of nitrogens with one attached hydrogen (secondary N) is 1. The first-order valence-electron chi connectivity index (χ1n) is 4.16. The molecule has 2 rings (SSSR count). The smallest absolute Gasteiger partial charge is 0.300 e. The largest absolute Gasteiger partial charge is 0.481 e. The second kappa shape index (κ2) is 4.36. The number of hydrogen-bond acceptors (Lipinski definition) is 3. The number of carboxylic acid groups (broad SMARTS) is 1. The number of carbonyl (C=O) groups is 3. The van der Waals surface area contributed by atoms with E-state index in [1.165, 1.54) is 0 Å². The number of rotatable bonds is 0. The van der Waals surface area contributed by atoms with Gasteiger partial charge in [0.25, 0.3) is 17.8 Å². The van der Waals surface area contributed by atoms with Crippen LogP contribution in [-0.2, 0) is 4.79 Å². The van der Waals surface area contributed by atoms with E-state index in [1.54, 1.807) is 24.3 Å². The van der Waals surface area contributed by atoms with E-state index >= 15 is 0 Å². The Hall–Kier alpha value is -2.17. The second-order valence-electron chi connectivity index (χ2n) is 2.85. The second-order valence-corrected chi connectivity index (χ2v) is 2.85. The van der Waals surface area contributed by atoms with Crippen LogP contribution in [0.3, 0.4) is 0 Å². The van der Waals surface area contributed by atoms with Gasteiger partial charge in [0.1, 0.15) is 0 Å². The van der Waals surface area contributed by atoms with Gasteiger partial charge in [-0.15, -0.1) is 0 Å². The first kappa shape index (κ1) is 10.9. The average molecular weight is 207 g/mol. The third kappa shape index (κ3) is 2.63. The first-order chi connectivity index (χ1) is 7.02. The highest BCUT2D eigenvalue weighted by Crippen LogP contribution is 2.13. The molecular formula is C10H9NO4. The van der Waals surface area contributed by atoms with Gasteiger partial charge >= 0.3 is 0 Å². The Labute approximate surface area is 85.7 Å². The van der Waals surface area contributed by atoms with Gasteiger partial charge in [-0.2, -0.15) is 0 Å². The highest BCUT2D eigenvalue weighted by molar-refractivity contribution is 6.21. The number of imide groups is 1. The number of carbonyl (C=O) groups excluding carboxylic acids is 2. The molecule has 1 aliphatic heterocycles. The zero-order valence-corrected chi connectivity index (χ0v) is 7.98. The molecule has 1 aliphatic rings. The van der Waals surface area contributed by atoms with Gasteiger partial charge in [-0.1, -0.05) is 12.1 Å². The summed E-state index contributed by atoms with van der Waals surface area (Å²) in [7, 11) is 0. The van der Waals surface area contributed by atoms with Gasteiger partial charge in [-0.25, -0.2) is 0 Å². The topological polar surface area (TPSA) is 83.5 Å². The minimum atomic E-state index is -0.833. The molecule has 0 aromatic heterocycles. The van der Waals surface area contributed by atoms with Crippen LogP contribution in [0.2, 0.25) is 0 Å². The molecule has 0 atom stereocenters. The van der Waals surface area contributed by atoms with Crippen LogP contribution in [0.1, 0.15) is 27.6 Å². The molecule has 2 N–H and O–H groups in total. The van der Waals surface area contributed by atoms with E-state index in [-0.39, 0.29) is 11.8 Å². The van der Waals surface area contributed by atoms with Gasteiger partial charge in [-0.05, 0) is 12.1 Å². The number of aliphatic carboxylic acids is 1. The van der Waals surface area contributed by atoms with E-state index in [9.17, 15) is 9.59 Å². The van der Waals surface area contributed by atoms with Gasteiger partial charge in [0.2, 0.25) is 0 Å². The Balaban J connectivity index is 0.000000245. The van der Waals surface area contributed by atoms with Crippen molar-refractivity contribution in [2.75, 3.05) is 0 Å². The lowest BCUT2D eigenvalue weighted by atomic mass is 10.1. The third-order valence-corrected chi connectivity index (χ3v) is 1.64. The Kier molecular flexibility index (Phi) is 3.17. The summed E-state index contributed by atoms with van der Waals surface area (Å²) in [5.41, 5.74) is 0.940. The van der Waals surface area contributed by atoms with Crippen molar-refractivity contribution >= 4 is 17.8 Å². The van der Waals surface area contributed by atoms with E-state index in [0.717, 1.165) is 6.92 Å². The van der Waals surface area contributed by atoms with Crippen LogP contribution in [0.15, 0.2) is 24.3 Å². The van der Waals surface area contributed by atoms with E-state index in [4.69, 9.17) is 9.90 Å². The molecule has 0 spiro atoms. The predicted molar refractivity (Wildman–Crippen MR) is 51.5 cm³/mol. The summed E-state index contributed by atoms with van der Waals surface area (Å²) in [5.74, 6) is -1.43. The Morgan fingerprint density at radius 3 is 1.80 bits per heavy atom. The Morgan fingerprint density at radius 1 is 1.13 bits per heavy atom. The molecule has 0 fully saturated rings. The Bertz CT molecular complexity index is 388. The van der Waals surface area contributed by atoms with Crippen LogP contribution >= 0.6 is 0 Å². The number of carboxylic acids is 1. The van der Waals surface area contributed by atoms with Gasteiger partial charge in [0, 0.05) is 6.92 Å². The average Bonchev–Trinajstić information content (AvgIpc) is 2.43. The van der Waals surface area contributed by atoms with Crippen molar-refractivity contribution in [3.63, 3.8) is 0 Å². The van der Waals surface area contributed by atoms with Gasteiger partial charge in [-0.3, -0.25) is 19.7 Å². The standard InChI is InChI=1S/C8H5NO2.C2H4O2/c10-7-5-3-1-2-4-6(5)8(11)9-7;1-2(3)4/h1-4H,(H,9,10,11);1H3,(H,3,4). The monoisotopic (exact) mass is 207 g/mol. The first-order valence-corrected chi connectivity index (χ1v) is 4.16. The lowest BCUT2D eigenvalue weighted by molar-refractivity contribution is -0.134. The molecule has 15 heavy (non-hydrogen) atoms. The van der Waals surface area contributed by atoms with Crippen molar-refractivity contribution in [3.8, 4) is 0 Å². The molecule has 0 saturated carbocycles. The van der Waals surface area contributed by atoms with Crippen molar-refractivity contribution in [3.05, 3.63) is 35.4 Å². The molecule has 78 valence electrons. The summed E-state index contributed by atoms with van der Waals surface area (Å²) in [5, 5.41) is 9.62. The van der Waals surface area contributed by atoms with E-state index in [0.29, 0.717) is 11.1 Å².